The van der Waals surface area contributed by atoms with Gasteiger partial charge in [-0.2, -0.15) is 15.5 Å². The molecule has 2 aliphatic heterocycles. The van der Waals surface area contributed by atoms with Gasteiger partial charge >= 0.3 is 0 Å². The van der Waals surface area contributed by atoms with E-state index < -0.39 is 0 Å². The lowest BCUT2D eigenvalue weighted by Crippen LogP contribution is -2.70. The molecule has 2 saturated heterocycles. The van der Waals surface area contributed by atoms with Crippen molar-refractivity contribution in [2.45, 2.75) is 24.8 Å². The lowest BCUT2D eigenvalue weighted by molar-refractivity contribution is 0.201. The number of rotatable bonds is 3. The van der Waals surface area contributed by atoms with Crippen molar-refractivity contribution in [2.24, 2.45) is 7.05 Å². The van der Waals surface area contributed by atoms with E-state index in [0.717, 1.165) is 53.2 Å². The van der Waals surface area contributed by atoms with Gasteiger partial charge in [0.1, 0.15) is 11.9 Å². The summed E-state index contributed by atoms with van der Waals surface area (Å²) in [7, 11) is 1.90. The quantitative estimate of drug-likeness (QED) is 0.463. The van der Waals surface area contributed by atoms with E-state index in [1.165, 1.54) is 19.3 Å². The summed E-state index contributed by atoms with van der Waals surface area (Å²) in [6, 6.07) is 8.54. The highest BCUT2D eigenvalue weighted by Crippen LogP contribution is 2.35. The highest BCUT2D eigenvalue weighted by Gasteiger charge is 2.43. The molecular formula is C24H26Cl2N8. The number of nitrogens with one attached hydrogen (secondary N) is 1. The highest BCUT2D eigenvalue weighted by atomic mass is 35.5. The molecule has 8 nitrogen and oxygen atoms in total. The summed E-state index contributed by atoms with van der Waals surface area (Å²) in [6.45, 7) is 3.15. The Labute approximate surface area is 210 Å². The second-order valence-electron chi connectivity index (χ2n) is 8.93. The maximum atomic E-state index is 9.62. The molecule has 4 aromatic rings. The van der Waals surface area contributed by atoms with Crippen molar-refractivity contribution in [3.8, 4) is 28.3 Å². The van der Waals surface area contributed by atoms with Crippen molar-refractivity contribution in [1.29, 1.82) is 5.26 Å². The number of hydrogen-bond acceptors (Lipinski definition) is 6. The third-order valence-corrected chi connectivity index (χ3v) is 6.72. The number of fused-ring (bicyclic) bond motifs is 1. The Kier molecular flexibility index (Phi) is 6.54. The van der Waals surface area contributed by atoms with Gasteiger partial charge < -0.3 is 10.2 Å². The van der Waals surface area contributed by atoms with E-state index in [1.54, 1.807) is 15.4 Å². The topological polar surface area (TPSA) is 87.1 Å². The Morgan fingerprint density at radius 3 is 2.50 bits per heavy atom. The van der Waals surface area contributed by atoms with Crippen LogP contribution in [-0.2, 0) is 7.05 Å². The molecule has 34 heavy (non-hydrogen) atoms. The van der Waals surface area contributed by atoms with E-state index in [1.807, 2.05) is 31.8 Å². The molecule has 0 radical (unpaired) electrons. The van der Waals surface area contributed by atoms with Gasteiger partial charge in [0.2, 0.25) is 0 Å². The number of anilines is 1. The summed E-state index contributed by atoms with van der Waals surface area (Å²) in [5.41, 5.74) is 5.52. The van der Waals surface area contributed by atoms with E-state index in [2.05, 4.69) is 44.7 Å². The fraction of sp³-hybridized carbons (Fsp3) is 0.333. The second kappa shape index (κ2) is 9.26. The SMILES string of the molecule is Cl.Cl.Cn1cc(-c2cc(-c3ccc(N4CC5(CCCCN5)C4)nc3)c3c(C#N)cnn3c2)cn1. The summed E-state index contributed by atoms with van der Waals surface area (Å²) in [6.07, 6.45) is 13.1. The summed E-state index contributed by atoms with van der Waals surface area (Å²) in [5.74, 6) is 1.00. The van der Waals surface area contributed by atoms with Crippen LogP contribution in [0.5, 0.6) is 0 Å². The molecule has 10 heteroatoms. The van der Waals surface area contributed by atoms with E-state index in [-0.39, 0.29) is 30.4 Å². The van der Waals surface area contributed by atoms with Crippen LogP contribution < -0.4 is 10.2 Å². The van der Waals surface area contributed by atoms with Gasteiger partial charge in [-0.25, -0.2) is 9.50 Å². The smallest absolute Gasteiger partial charge is 0.128 e. The Hall–Kier alpha value is -3.12. The zero-order valence-electron chi connectivity index (χ0n) is 18.8. The number of pyridine rings is 2. The first-order valence-corrected chi connectivity index (χ1v) is 11.0. The third kappa shape index (κ3) is 4.00. The minimum absolute atomic E-state index is 0. The molecular weight excluding hydrogens is 471 g/mol. The van der Waals surface area contributed by atoms with Crippen LogP contribution in [0.3, 0.4) is 0 Å². The normalized spacial score (nSPS) is 16.4. The molecule has 0 saturated carbocycles. The molecule has 0 atom stereocenters. The molecule has 6 rings (SSSR count). The first-order valence-electron chi connectivity index (χ1n) is 11.0. The van der Waals surface area contributed by atoms with Gasteiger partial charge in [-0.1, -0.05) is 6.42 Å². The average Bonchev–Trinajstić information content (AvgIpc) is 3.43. The van der Waals surface area contributed by atoms with Crippen LogP contribution in [0.4, 0.5) is 5.82 Å². The van der Waals surface area contributed by atoms with Gasteiger partial charge in [-0.15, -0.1) is 24.8 Å². The molecule has 0 unspecified atom stereocenters. The van der Waals surface area contributed by atoms with Crippen molar-refractivity contribution in [3.05, 3.63) is 54.7 Å². The first-order chi connectivity index (χ1) is 15.6. The Balaban J connectivity index is 0.00000137. The molecule has 176 valence electrons. The molecule has 4 aromatic heterocycles. The van der Waals surface area contributed by atoms with Crippen molar-refractivity contribution < 1.29 is 0 Å². The lowest BCUT2D eigenvalue weighted by atomic mass is 9.82. The van der Waals surface area contributed by atoms with Crippen molar-refractivity contribution in [2.75, 3.05) is 24.5 Å². The molecule has 2 fully saturated rings. The Morgan fingerprint density at radius 2 is 1.85 bits per heavy atom. The van der Waals surface area contributed by atoms with Crippen LogP contribution in [0, 0.1) is 11.3 Å². The lowest BCUT2D eigenvalue weighted by Gasteiger charge is -2.53. The largest absolute Gasteiger partial charge is 0.353 e. The second-order valence-corrected chi connectivity index (χ2v) is 8.93. The van der Waals surface area contributed by atoms with Gasteiger partial charge in [-0.3, -0.25) is 4.68 Å². The van der Waals surface area contributed by atoms with Crippen LogP contribution >= 0.6 is 24.8 Å². The fourth-order valence-electron chi connectivity index (χ4n) is 5.03. The van der Waals surface area contributed by atoms with E-state index in [4.69, 9.17) is 4.98 Å². The first kappa shape index (κ1) is 24.0. The zero-order valence-corrected chi connectivity index (χ0v) is 20.4. The number of aromatic nitrogens is 5. The number of hydrogen-bond donors (Lipinski definition) is 1. The standard InChI is InChI=1S/C24H24N8.2ClH/c1-30-13-20(12-28-30)18-8-21(23-19(9-25)11-29-32(23)14-18)17-4-5-22(26-10-17)31-15-24(16-31)6-2-3-7-27-24;;/h4-5,8,10-14,27H,2-3,6-7,15-16H2,1H3;2*1H. The molecule has 0 amide bonds. The number of nitriles is 1. The van der Waals surface area contributed by atoms with E-state index >= 15 is 0 Å². The minimum atomic E-state index is 0. The van der Waals surface area contributed by atoms with E-state index in [9.17, 15) is 5.26 Å². The van der Waals surface area contributed by atoms with Crippen molar-refractivity contribution >= 4 is 36.1 Å². The Bertz CT molecular complexity index is 1340. The molecule has 1 N–H and O–H groups in total. The predicted octanol–water partition coefficient (Wildman–Crippen LogP) is 3.84. The van der Waals surface area contributed by atoms with Crippen molar-refractivity contribution in [3.63, 3.8) is 0 Å². The van der Waals surface area contributed by atoms with Crippen LogP contribution in [0.15, 0.2) is 49.2 Å². The number of piperidine rings is 1. The van der Waals surface area contributed by atoms with Gasteiger partial charge in [0, 0.05) is 61.0 Å². The summed E-state index contributed by atoms with van der Waals surface area (Å²) < 4.78 is 3.55. The maximum absolute atomic E-state index is 9.62. The predicted molar refractivity (Wildman–Crippen MR) is 137 cm³/mol. The van der Waals surface area contributed by atoms with Crippen molar-refractivity contribution in [1.82, 2.24) is 29.7 Å². The highest BCUT2D eigenvalue weighted by molar-refractivity contribution is 5.87. The van der Waals surface area contributed by atoms with Gasteiger partial charge in [0.25, 0.3) is 0 Å². The average molecular weight is 497 g/mol. The van der Waals surface area contributed by atoms with Crippen LogP contribution in [0.25, 0.3) is 27.8 Å². The number of aryl methyl sites for hydroxylation is 1. The Morgan fingerprint density at radius 1 is 1.00 bits per heavy atom. The number of halogens is 2. The summed E-state index contributed by atoms with van der Waals surface area (Å²) >= 11 is 0. The van der Waals surface area contributed by atoms with Gasteiger partial charge in [0.15, 0.2) is 0 Å². The molecule has 1 spiro atoms. The molecule has 0 aliphatic carbocycles. The summed E-state index contributed by atoms with van der Waals surface area (Å²) in [4.78, 5) is 7.11. The van der Waals surface area contributed by atoms with Gasteiger partial charge in [-0.05, 0) is 37.6 Å². The molecule has 0 bridgehead atoms. The number of nitrogens with zero attached hydrogens (tertiary/aromatic N) is 7. The maximum Gasteiger partial charge on any atom is 0.128 e. The van der Waals surface area contributed by atoms with Crippen LogP contribution in [0.2, 0.25) is 0 Å². The van der Waals surface area contributed by atoms with Crippen LogP contribution in [-0.4, -0.2) is 49.6 Å². The fourth-order valence-corrected chi connectivity index (χ4v) is 5.03. The van der Waals surface area contributed by atoms with Gasteiger partial charge in [0.05, 0.1) is 29.0 Å². The third-order valence-electron chi connectivity index (χ3n) is 6.72. The minimum Gasteiger partial charge on any atom is -0.353 e. The van der Waals surface area contributed by atoms with Crippen LogP contribution in [0.1, 0.15) is 24.8 Å². The summed E-state index contributed by atoms with van der Waals surface area (Å²) in [5, 5.41) is 22.0. The van der Waals surface area contributed by atoms with E-state index in [0.29, 0.717) is 5.56 Å². The molecule has 2 aliphatic rings. The monoisotopic (exact) mass is 496 g/mol. The molecule has 0 aromatic carbocycles. The molecule has 6 heterocycles. The zero-order chi connectivity index (χ0) is 21.7.